The van der Waals surface area contributed by atoms with Gasteiger partial charge in [0.1, 0.15) is 5.76 Å². The summed E-state index contributed by atoms with van der Waals surface area (Å²) in [5.74, 6) is 0.938. The lowest BCUT2D eigenvalue weighted by atomic mass is 10.2. The van der Waals surface area contributed by atoms with Gasteiger partial charge in [-0.25, -0.2) is 0 Å². The lowest BCUT2D eigenvalue weighted by molar-refractivity contribution is 0.0700. The molecule has 3 aromatic rings. The van der Waals surface area contributed by atoms with Crippen LogP contribution in [-0.2, 0) is 13.0 Å². The summed E-state index contributed by atoms with van der Waals surface area (Å²) >= 11 is 4.92. The first-order chi connectivity index (χ1) is 10.7. The number of hydrogen-bond acceptors (Lipinski definition) is 4. The van der Waals surface area contributed by atoms with Crippen molar-refractivity contribution in [3.63, 3.8) is 0 Å². The van der Waals surface area contributed by atoms with E-state index in [1.54, 1.807) is 34.6 Å². The number of amides is 1. The van der Waals surface area contributed by atoms with Gasteiger partial charge in [0.15, 0.2) is 10.4 Å². The molecular weight excluding hydrogens is 366 g/mol. The van der Waals surface area contributed by atoms with E-state index < -0.39 is 0 Å². The highest BCUT2D eigenvalue weighted by molar-refractivity contribution is 9.10. The quantitative estimate of drug-likeness (QED) is 0.629. The predicted octanol–water partition coefficient (Wildman–Crippen LogP) is 4.58. The Morgan fingerprint density at radius 1 is 1.23 bits per heavy atom. The molecule has 3 rings (SSSR count). The summed E-state index contributed by atoms with van der Waals surface area (Å²) < 4.78 is 11.3. The number of halogens is 1. The van der Waals surface area contributed by atoms with E-state index in [4.69, 9.17) is 8.83 Å². The lowest BCUT2D eigenvalue weighted by Gasteiger charge is -2.20. The molecule has 0 aliphatic heterocycles. The summed E-state index contributed by atoms with van der Waals surface area (Å²) in [6.45, 7) is 1.04. The highest BCUT2D eigenvalue weighted by atomic mass is 79.9. The summed E-state index contributed by atoms with van der Waals surface area (Å²) in [6.07, 6.45) is 2.42. The smallest absolute Gasteiger partial charge is 0.290 e. The van der Waals surface area contributed by atoms with Crippen molar-refractivity contribution < 1.29 is 13.6 Å². The van der Waals surface area contributed by atoms with Crippen molar-refractivity contribution in [2.45, 2.75) is 13.0 Å². The molecule has 0 aromatic carbocycles. The Hall–Kier alpha value is -1.79. The fraction of sp³-hybridized carbons (Fsp3) is 0.188. The Bertz CT molecular complexity index is 719. The van der Waals surface area contributed by atoms with E-state index in [1.165, 1.54) is 4.88 Å². The zero-order valence-electron chi connectivity index (χ0n) is 11.7. The van der Waals surface area contributed by atoms with Crippen molar-refractivity contribution in [1.82, 2.24) is 4.90 Å². The molecule has 0 aliphatic rings. The third-order valence-electron chi connectivity index (χ3n) is 3.21. The molecule has 0 saturated carbocycles. The second-order valence-corrected chi connectivity index (χ2v) is 6.55. The minimum atomic E-state index is -0.140. The third kappa shape index (κ3) is 3.69. The van der Waals surface area contributed by atoms with Crippen LogP contribution in [0.15, 0.2) is 61.5 Å². The van der Waals surface area contributed by atoms with Crippen LogP contribution >= 0.6 is 27.3 Å². The van der Waals surface area contributed by atoms with E-state index in [2.05, 4.69) is 22.0 Å². The van der Waals surface area contributed by atoms with E-state index >= 15 is 0 Å². The summed E-state index contributed by atoms with van der Waals surface area (Å²) in [7, 11) is 0. The number of carbonyl (C=O) groups excluding carboxylic acids is 1. The molecule has 0 unspecified atom stereocenters. The first kappa shape index (κ1) is 15.1. The van der Waals surface area contributed by atoms with Gasteiger partial charge in [0.25, 0.3) is 5.91 Å². The van der Waals surface area contributed by atoms with Crippen LogP contribution in [0.4, 0.5) is 0 Å². The van der Waals surface area contributed by atoms with Gasteiger partial charge in [0, 0.05) is 11.4 Å². The predicted molar refractivity (Wildman–Crippen MR) is 87.9 cm³/mol. The van der Waals surface area contributed by atoms with Crippen LogP contribution in [0, 0.1) is 0 Å². The largest absolute Gasteiger partial charge is 0.467 e. The molecule has 0 aliphatic carbocycles. The fourth-order valence-electron chi connectivity index (χ4n) is 2.13. The molecule has 3 aromatic heterocycles. The Morgan fingerprint density at radius 3 is 2.77 bits per heavy atom. The molecule has 0 bridgehead atoms. The van der Waals surface area contributed by atoms with E-state index in [0.29, 0.717) is 23.5 Å². The molecular formula is C16H14BrNO3S. The molecule has 0 radical (unpaired) electrons. The molecule has 0 N–H and O–H groups in total. The van der Waals surface area contributed by atoms with Gasteiger partial charge in [-0.05, 0) is 58.1 Å². The topological polar surface area (TPSA) is 46.6 Å². The van der Waals surface area contributed by atoms with Crippen LogP contribution in [0.5, 0.6) is 0 Å². The summed E-state index contributed by atoms with van der Waals surface area (Å²) in [6, 6.07) is 11.2. The molecule has 114 valence electrons. The monoisotopic (exact) mass is 379 g/mol. The number of thiophene rings is 1. The zero-order chi connectivity index (χ0) is 15.4. The van der Waals surface area contributed by atoms with Crippen LogP contribution < -0.4 is 0 Å². The van der Waals surface area contributed by atoms with Crippen LogP contribution in [0.25, 0.3) is 0 Å². The molecule has 22 heavy (non-hydrogen) atoms. The minimum absolute atomic E-state index is 0.140. The van der Waals surface area contributed by atoms with Crippen molar-refractivity contribution in [2.75, 3.05) is 6.54 Å². The van der Waals surface area contributed by atoms with E-state index in [-0.39, 0.29) is 5.91 Å². The van der Waals surface area contributed by atoms with Crippen molar-refractivity contribution >= 4 is 33.2 Å². The Kier molecular flexibility index (Phi) is 4.80. The van der Waals surface area contributed by atoms with Gasteiger partial charge in [-0.3, -0.25) is 4.79 Å². The maximum Gasteiger partial charge on any atom is 0.290 e. The van der Waals surface area contributed by atoms with Gasteiger partial charge in [-0.2, -0.15) is 0 Å². The van der Waals surface area contributed by atoms with Crippen molar-refractivity contribution in [1.29, 1.82) is 0 Å². The van der Waals surface area contributed by atoms with E-state index in [9.17, 15) is 4.79 Å². The maximum absolute atomic E-state index is 12.6. The van der Waals surface area contributed by atoms with Crippen LogP contribution in [0.2, 0.25) is 0 Å². The number of furan rings is 2. The molecule has 1 amide bonds. The molecule has 0 atom stereocenters. The van der Waals surface area contributed by atoms with E-state index in [0.717, 1.165) is 12.2 Å². The lowest BCUT2D eigenvalue weighted by Crippen LogP contribution is -2.32. The van der Waals surface area contributed by atoms with Crippen molar-refractivity contribution in [3.05, 3.63) is 69.1 Å². The average Bonchev–Trinajstić information content (AvgIpc) is 3.25. The second-order valence-electron chi connectivity index (χ2n) is 4.74. The van der Waals surface area contributed by atoms with E-state index in [1.807, 2.05) is 23.6 Å². The standard InChI is InChI=1S/C16H14BrNO3S/c17-15-6-5-14(21-15)16(19)18(11-12-3-1-9-20-12)8-7-13-4-2-10-22-13/h1-6,9-10H,7-8,11H2. The van der Waals surface area contributed by atoms with Gasteiger partial charge < -0.3 is 13.7 Å². The third-order valence-corrected chi connectivity index (χ3v) is 4.57. The summed E-state index contributed by atoms with van der Waals surface area (Å²) in [5, 5.41) is 2.04. The highest BCUT2D eigenvalue weighted by Gasteiger charge is 2.20. The molecule has 4 nitrogen and oxygen atoms in total. The molecule has 0 saturated heterocycles. The zero-order valence-corrected chi connectivity index (χ0v) is 14.1. The number of carbonyl (C=O) groups is 1. The first-order valence-corrected chi connectivity index (χ1v) is 8.49. The summed E-state index contributed by atoms with van der Waals surface area (Å²) in [5.41, 5.74) is 0. The van der Waals surface area contributed by atoms with Crippen molar-refractivity contribution in [2.24, 2.45) is 0 Å². The Morgan fingerprint density at radius 2 is 2.14 bits per heavy atom. The molecule has 0 fully saturated rings. The minimum Gasteiger partial charge on any atom is -0.467 e. The number of hydrogen-bond donors (Lipinski definition) is 0. The van der Waals surface area contributed by atoms with Crippen LogP contribution in [0.3, 0.4) is 0 Å². The van der Waals surface area contributed by atoms with Gasteiger partial charge in [0.2, 0.25) is 0 Å². The molecule has 6 heteroatoms. The normalized spacial score (nSPS) is 10.8. The van der Waals surface area contributed by atoms with Gasteiger partial charge in [-0.1, -0.05) is 6.07 Å². The Labute approximate surface area is 140 Å². The SMILES string of the molecule is O=C(c1ccc(Br)o1)N(CCc1cccs1)Cc1ccco1. The highest BCUT2D eigenvalue weighted by Crippen LogP contribution is 2.18. The Balaban J connectivity index is 1.74. The van der Waals surface area contributed by atoms with Gasteiger partial charge >= 0.3 is 0 Å². The van der Waals surface area contributed by atoms with Crippen LogP contribution in [0.1, 0.15) is 21.2 Å². The number of nitrogens with zero attached hydrogens (tertiary/aromatic N) is 1. The molecule has 3 heterocycles. The molecule has 0 spiro atoms. The number of rotatable bonds is 6. The maximum atomic E-state index is 12.6. The van der Waals surface area contributed by atoms with Gasteiger partial charge in [0.05, 0.1) is 12.8 Å². The van der Waals surface area contributed by atoms with Crippen molar-refractivity contribution in [3.8, 4) is 0 Å². The van der Waals surface area contributed by atoms with Gasteiger partial charge in [-0.15, -0.1) is 11.3 Å². The first-order valence-electron chi connectivity index (χ1n) is 6.82. The average molecular weight is 380 g/mol. The fourth-order valence-corrected chi connectivity index (χ4v) is 3.13. The van der Waals surface area contributed by atoms with Crippen LogP contribution in [-0.4, -0.2) is 17.4 Å². The second kappa shape index (κ2) is 6.98. The summed E-state index contributed by atoms with van der Waals surface area (Å²) in [4.78, 5) is 15.6.